The van der Waals surface area contributed by atoms with Gasteiger partial charge in [0.25, 0.3) is 0 Å². The predicted molar refractivity (Wildman–Crippen MR) is 93.0 cm³/mol. The van der Waals surface area contributed by atoms with Gasteiger partial charge in [-0.2, -0.15) is 0 Å². The molecule has 1 aromatic rings. The van der Waals surface area contributed by atoms with Crippen LogP contribution in [0.2, 0.25) is 0 Å². The van der Waals surface area contributed by atoms with E-state index in [1.54, 1.807) is 0 Å². The molecular formula is C18H33N3. The number of nitrogens with zero attached hydrogens (tertiary/aromatic N) is 2. The Labute approximate surface area is 131 Å². The third-order valence-corrected chi connectivity index (χ3v) is 3.98. The Bertz CT molecular complexity index is 426. The average molecular weight is 291 g/mol. The lowest BCUT2D eigenvalue weighted by molar-refractivity contribution is 0.551. The molecule has 0 aliphatic carbocycles. The monoisotopic (exact) mass is 291 g/mol. The van der Waals surface area contributed by atoms with E-state index in [1.165, 1.54) is 11.3 Å². The Balaban J connectivity index is 2.94. The van der Waals surface area contributed by atoms with E-state index >= 15 is 0 Å². The van der Waals surface area contributed by atoms with E-state index in [0.29, 0.717) is 17.9 Å². The molecule has 1 heterocycles. The molecule has 120 valence electrons. The topological polar surface area (TPSA) is 28.2 Å². The van der Waals surface area contributed by atoms with Gasteiger partial charge in [-0.1, -0.05) is 34.6 Å². The maximum Gasteiger partial charge on any atom is 0.129 e. The minimum Gasteiger partial charge on any atom is -0.357 e. The van der Waals surface area contributed by atoms with Crippen molar-refractivity contribution < 1.29 is 0 Å². The maximum atomic E-state index is 4.84. The molecule has 0 radical (unpaired) electrons. The second-order valence-electron chi connectivity index (χ2n) is 6.81. The lowest BCUT2D eigenvalue weighted by Gasteiger charge is -2.26. The number of hydrogen-bond acceptors (Lipinski definition) is 3. The van der Waals surface area contributed by atoms with E-state index in [-0.39, 0.29) is 0 Å². The van der Waals surface area contributed by atoms with Gasteiger partial charge in [0.2, 0.25) is 0 Å². The lowest BCUT2D eigenvalue weighted by Crippen LogP contribution is -2.29. The van der Waals surface area contributed by atoms with Crippen molar-refractivity contribution in [2.24, 2.45) is 5.92 Å². The summed E-state index contributed by atoms with van der Waals surface area (Å²) in [5.74, 6) is 2.23. The van der Waals surface area contributed by atoms with E-state index in [2.05, 4.69) is 70.9 Å². The summed E-state index contributed by atoms with van der Waals surface area (Å²) in [7, 11) is 2.14. The summed E-state index contributed by atoms with van der Waals surface area (Å²) >= 11 is 0. The van der Waals surface area contributed by atoms with Gasteiger partial charge in [-0.25, -0.2) is 4.98 Å². The summed E-state index contributed by atoms with van der Waals surface area (Å²) in [5, 5.41) is 3.53. The summed E-state index contributed by atoms with van der Waals surface area (Å²) in [4.78, 5) is 7.13. The molecule has 3 nitrogen and oxygen atoms in total. The molecule has 1 N–H and O–H groups in total. The summed E-state index contributed by atoms with van der Waals surface area (Å²) in [5.41, 5.74) is 2.52. The van der Waals surface area contributed by atoms with Crippen molar-refractivity contribution in [1.29, 1.82) is 0 Å². The van der Waals surface area contributed by atoms with Gasteiger partial charge in [0.15, 0.2) is 0 Å². The molecular weight excluding hydrogens is 258 g/mol. The zero-order valence-electron chi connectivity index (χ0n) is 14.9. The van der Waals surface area contributed by atoms with Crippen LogP contribution in [-0.2, 0) is 6.54 Å². The zero-order chi connectivity index (χ0) is 16.0. The molecule has 21 heavy (non-hydrogen) atoms. The first-order valence-corrected chi connectivity index (χ1v) is 8.29. The molecule has 0 saturated heterocycles. The second kappa shape index (κ2) is 8.38. The highest BCUT2D eigenvalue weighted by atomic mass is 15.2. The van der Waals surface area contributed by atoms with Crippen molar-refractivity contribution in [3.8, 4) is 0 Å². The van der Waals surface area contributed by atoms with Crippen molar-refractivity contribution in [1.82, 2.24) is 10.3 Å². The molecule has 1 rings (SSSR count). The Hall–Kier alpha value is -1.09. The van der Waals surface area contributed by atoms with Crippen LogP contribution >= 0.6 is 0 Å². The van der Waals surface area contributed by atoms with Crippen molar-refractivity contribution >= 4 is 5.82 Å². The molecule has 0 spiro atoms. The van der Waals surface area contributed by atoms with Crippen molar-refractivity contribution in [3.05, 3.63) is 23.4 Å². The molecule has 0 saturated carbocycles. The predicted octanol–water partition coefficient (Wildman–Crippen LogP) is 4.19. The second-order valence-corrected chi connectivity index (χ2v) is 6.81. The minimum absolute atomic E-state index is 0.458. The highest BCUT2D eigenvalue weighted by Gasteiger charge is 2.13. The Morgan fingerprint density at radius 2 is 1.81 bits per heavy atom. The van der Waals surface area contributed by atoms with Crippen LogP contribution in [0.4, 0.5) is 5.82 Å². The van der Waals surface area contributed by atoms with Crippen LogP contribution in [0, 0.1) is 5.92 Å². The minimum atomic E-state index is 0.458. The summed E-state index contributed by atoms with van der Waals surface area (Å²) in [6.45, 7) is 15.3. The van der Waals surface area contributed by atoms with Crippen LogP contribution in [0.1, 0.15) is 65.1 Å². The highest BCUT2D eigenvalue weighted by molar-refractivity contribution is 5.43. The highest BCUT2D eigenvalue weighted by Crippen LogP contribution is 2.21. The fourth-order valence-corrected chi connectivity index (χ4v) is 2.18. The molecule has 3 heteroatoms. The fourth-order valence-electron chi connectivity index (χ4n) is 2.18. The lowest BCUT2D eigenvalue weighted by atomic mass is 10.1. The van der Waals surface area contributed by atoms with Gasteiger partial charge in [0.05, 0.1) is 0 Å². The number of nitrogens with one attached hydrogen (secondary N) is 1. The number of pyridine rings is 1. The van der Waals surface area contributed by atoms with Crippen LogP contribution in [0.5, 0.6) is 0 Å². The van der Waals surface area contributed by atoms with Crippen molar-refractivity contribution in [2.45, 2.75) is 66.5 Å². The first kappa shape index (κ1) is 18.0. The standard InChI is InChI=1S/C18H33N3/c1-8-15(6)21(7)18-10-16(12-19-11-13(2)3)9-17(20-18)14(4)5/h9-10,13-15,19H,8,11-12H2,1-7H3. The first-order chi connectivity index (χ1) is 9.85. The Morgan fingerprint density at radius 3 is 2.33 bits per heavy atom. The van der Waals surface area contributed by atoms with Crippen LogP contribution < -0.4 is 10.2 Å². The van der Waals surface area contributed by atoms with Gasteiger partial charge in [0, 0.05) is 25.3 Å². The van der Waals surface area contributed by atoms with Crippen molar-refractivity contribution in [3.63, 3.8) is 0 Å². The average Bonchev–Trinajstić information content (AvgIpc) is 2.44. The molecule has 0 aliphatic rings. The molecule has 0 bridgehead atoms. The summed E-state index contributed by atoms with van der Waals surface area (Å²) in [6.07, 6.45) is 1.13. The van der Waals surface area contributed by atoms with Gasteiger partial charge in [-0.15, -0.1) is 0 Å². The first-order valence-electron chi connectivity index (χ1n) is 8.29. The molecule has 0 amide bonds. The fraction of sp³-hybridized carbons (Fsp3) is 0.722. The Morgan fingerprint density at radius 1 is 1.14 bits per heavy atom. The van der Waals surface area contributed by atoms with E-state index in [0.717, 1.165) is 25.3 Å². The third kappa shape index (κ3) is 5.66. The van der Waals surface area contributed by atoms with Crippen LogP contribution in [0.25, 0.3) is 0 Å². The van der Waals surface area contributed by atoms with Gasteiger partial charge in [0.1, 0.15) is 5.82 Å². The summed E-state index contributed by atoms with van der Waals surface area (Å²) in [6, 6.07) is 4.98. The molecule has 1 aromatic heterocycles. The van der Waals surface area contributed by atoms with Crippen LogP contribution in [-0.4, -0.2) is 24.6 Å². The smallest absolute Gasteiger partial charge is 0.129 e. The van der Waals surface area contributed by atoms with E-state index in [1.807, 2.05) is 0 Å². The van der Waals surface area contributed by atoms with Gasteiger partial charge in [-0.05, 0) is 49.4 Å². The molecule has 0 aliphatic heterocycles. The van der Waals surface area contributed by atoms with E-state index in [4.69, 9.17) is 4.98 Å². The number of rotatable bonds is 8. The van der Waals surface area contributed by atoms with Gasteiger partial charge < -0.3 is 10.2 Å². The number of hydrogen-bond donors (Lipinski definition) is 1. The summed E-state index contributed by atoms with van der Waals surface area (Å²) < 4.78 is 0. The van der Waals surface area contributed by atoms with Crippen molar-refractivity contribution in [2.75, 3.05) is 18.5 Å². The quantitative estimate of drug-likeness (QED) is 0.778. The van der Waals surface area contributed by atoms with Gasteiger partial charge in [-0.3, -0.25) is 0 Å². The van der Waals surface area contributed by atoms with E-state index < -0.39 is 0 Å². The number of anilines is 1. The van der Waals surface area contributed by atoms with Crippen LogP contribution in [0.3, 0.4) is 0 Å². The van der Waals surface area contributed by atoms with Crippen LogP contribution in [0.15, 0.2) is 12.1 Å². The van der Waals surface area contributed by atoms with Gasteiger partial charge >= 0.3 is 0 Å². The molecule has 1 unspecified atom stereocenters. The normalized spacial score (nSPS) is 13.0. The largest absolute Gasteiger partial charge is 0.357 e. The Kier molecular flexibility index (Phi) is 7.16. The molecule has 0 aromatic carbocycles. The third-order valence-electron chi connectivity index (χ3n) is 3.98. The van der Waals surface area contributed by atoms with E-state index in [9.17, 15) is 0 Å². The molecule has 0 fully saturated rings. The zero-order valence-corrected chi connectivity index (χ0v) is 14.9. The maximum absolute atomic E-state index is 4.84. The number of aromatic nitrogens is 1. The SMILES string of the molecule is CCC(C)N(C)c1cc(CNCC(C)C)cc(C(C)C)n1. The molecule has 1 atom stereocenters.